The number of rotatable bonds is 5. The zero-order valence-corrected chi connectivity index (χ0v) is 12.7. The van der Waals surface area contributed by atoms with E-state index in [1.165, 1.54) is 35.1 Å². The van der Waals surface area contributed by atoms with Crippen molar-refractivity contribution in [1.29, 1.82) is 0 Å². The van der Waals surface area contributed by atoms with Gasteiger partial charge in [-0.15, -0.1) is 0 Å². The standard InChI is InChI=1S/C13H10.C6H16N2/c1-3-7-12-10(5-1)9-11-6-2-4-8-13(11)12;7-5-3-1-2-4-6-8/h1-8H,9H2;1-8H2. The molecule has 0 spiro atoms. The smallest absolute Gasteiger partial charge is 0.00135 e. The van der Waals surface area contributed by atoms with Gasteiger partial charge >= 0.3 is 0 Å². The van der Waals surface area contributed by atoms with E-state index in [1.807, 2.05) is 0 Å². The Labute approximate surface area is 128 Å². The Morgan fingerprint density at radius 1 is 0.619 bits per heavy atom. The zero-order chi connectivity index (χ0) is 14.9. The average molecular weight is 282 g/mol. The molecule has 0 heterocycles. The van der Waals surface area contributed by atoms with Gasteiger partial charge < -0.3 is 11.5 Å². The lowest BCUT2D eigenvalue weighted by molar-refractivity contribution is 0.653. The molecule has 0 aliphatic heterocycles. The molecule has 0 amide bonds. The highest BCUT2D eigenvalue weighted by atomic mass is 14.5. The number of hydrogen-bond acceptors (Lipinski definition) is 2. The average Bonchev–Trinajstić information content (AvgIpc) is 2.91. The molecule has 0 aromatic heterocycles. The van der Waals surface area contributed by atoms with Crippen LogP contribution in [0.25, 0.3) is 11.1 Å². The van der Waals surface area contributed by atoms with E-state index in [4.69, 9.17) is 11.5 Å². The molecule has 1 aliphatic carbocycles. The molecule has 0 fully saturated rings. The van der Waals surface area contributed by atoms with Crippen molar-refractivity contribution in [2.45, 2.75) is 32.1 Å². The Balaban J connectivity index is 0.000000177. The third-order valence-corrected chi connectivity index (χ3v) is 3.86. The summed E-state index contributed by atoms with van der Waals surface area (Å²) in [5, 5.41) is 0. The van der Waals surface area contributed by atoms with Crippen LogP contribution >= 0.6 is 0 Å². The summed E-state index contributed by atoms with van der Waals surface area (Å²) in [5.74, 6) is 0. The molecular weight excluding hydrogens is 256 g/mol. The predicted molar refractivity (Wildman–Crippen MR) is 91.3 cm³/mol. The largest absolute Gasteiger partial charge is 0.330 e. The highest BCUT2D eigenvalue weighted by Crippen LogP contribution is 2.35. The number of unbranched alkanes of at least 4 members (excludes halogenated alkanes) is 3. The molecule has 1 aliphatic rings. The summed E-state index contributed by atoms with van der Waals surface area (Å²) in [6.45, 7) is 1.65. The fourth-order valence-electron chi connectivity index (χ4n) is 2.72. The van der Waals surface area contributed by atoms with Crippen LogP contribution in [-0.4, -0.2) is 13.1 Å². The van der Waals surface area contributed by atoms with Crippen LogP contribution in [0, 0.1) is 0 Å². The second kappa shape index (κ2) is 8.60. The highest BCUT2D eigenvalue weighted by Gasteiger charge is 2.15. The summed E-state index contributed by atoms with van der Waals surface area (Å²) in [4.78, 5) is 0. The van der Waals surface area contributed by atoms with E-state index in [-0.39, 0.29) is 0 Å². The van der Waals surface area contributed by atoms with E-state index in [0.717, 1.165) is 32.4 Å². The van der Waals surface area contributed by atoms with Crippen molar-refractivity contribution in [3.63, 3.8) is 0 Å². The van der Waals surface area contributed by atoms with Gasteiger partial charge in [0.05, 0.1) is 0 Å². The molecule has 2 aromatic rings. The van der Waals surface area contributed by atoms with E-state index in [0.29, 0.717) is 0 Å². The Morgan fingerprint density at radius 3 is 1.48 bits per heavy atom. The van der Waals surface area contributed by atoms with Crippen LogP contribution in [0.3, 0.4) is 0 Å². The Morgan fingerprint density at radius 2 is 1.05 bits per heavy atom. The fourth-order valence-corrected chi connectivity index (χ4v) is 2.72. The Bertz CT molecular complexity index is 499. The summed E-state index contributed by atoms with van der Waals surface area (Å²) >= 11 is 0. The van der Waals surface area contributed by atoms with Gasteiger partial charge in [0, 0.05) is 0 Å². The van der Waals surface area contributed by atoms with Gasteiger partial charge in [-0.25, -0.2) is 0 Å². The van der Waals surface area contributed by atoms with E-state index < -0.39 is 0 Å². The van der Waals surface area contributed by atoms with Crippen molar-refractivity contribution in [3.8, 4) is 11.1 Å². The molecule has 0 radical (unpaired) electrons. The lowest BCUT2D eigenvalue weighted by Gasteiger charge is -1.98. The SMILES string of the molecule is NCCCCCCN.c1ccc2c(c1)Cc1ccccc1-2. The van der Waals surface area contributed by atoms with Crippen molar-refractivity contribution in [2.24, 2.45) is 11.5 Å². The minimum Gasteiger partial charge on any atom is -0.330 e. The van der Waals surface area contributed by atoms with Crippen LogP contribution in [-0.2, 0) is 6.42 Å². The second-order valence-electron chi connectivity index (χ2n) is 5.48. The number of benzene rings is 2. The molecule has 0 saturated carbocycles. The maximum atomic E-state index is 5.28. The van der Waals surface area contributed by atoms with Gasteiger partial charge in [0.1, 0.15) is 0 Å². The van der Waals surface area contributed by atoms with Gasteiger partial charge in [0.25, 0.3) is 0 Å². The first kappa shape index (κ1) is 15.7. The summed E-state index contributed by atoms with van der Waals surface area (Å²) < 4.78 is 0. The molecule has 2 heteroatoms. The third-order valence-electron chi connectivity index (χ3n) is 3.86. The first-order valence-electron chi connectivity index (χ1n) is 7.93. The summed E-state index contributed by atoms with van der Waals surface area (Å²) in [7, 11) is 0. The number of fused-ring (bicyclic) bond motifs is 3. The molecule has 3 rings (SSSR count). The summed E-state index contributed by atoms with van der Waals surface area (Å²) in [5.41, 5.74) is 16.3. The monoisotopic (exact) mass is 282 g/mol. The number of hydrogen-bond donors (Lipinski definition) is 2. The van der Waals surface area contributed by atoms with Crippen molar-refractivity contribution >= 4 is 0 Å². The van der Waals surface area contributed by atoms with E-state index in [1.54, 1.807) is 0 Å². The van der Waals surface area contributed by atoms with Gasteiger partial charge in [-0.05, 0) is 54.6 Å². The zero-order valence-electron chi connectivity index (χ0n) is 12.7. The number of nitrogens with two attached hydrogens (primary N) is 2. The van der Waals surface area contributed by atoms with Gasteiger partial charge in [0.2, 0.25) is 0 Å². The summed E-state index contributed by atoms with van der Waals surface area (Å²) in [6, 6.07) is 17.3. The lowest BCUT2D eigenvalue weighted by Crippen LogP contribution is -2.00. The molecule has 0 saturated heterocycles. The van der Waals surface area contributed by atoms with Gasteiger partial charge in [-0.2, -0.15) is 0 Å². The summed E-state index contributed by atoms with van der Waals surface area (Å²) in [6.07, 6.45) is 5.90. The molecular formula is C19H26N2. The van der Waals surface area contributed by atoms with Crippen LogP contribution < -0.4 is 11.5 Å². The lowest BCUT2D eigenvalue weighted by atomic mass is 10.1. The quantitative estimate of drug-likeness (QED) is 0.701. The Hall–Kier alpha value is -1.64. The molecule has 0 bridgehead atoms. The van der Waals surface area contributed by atoms with Gasteiger partial charge in [-0.1, -0.05) is 61.4 Å². The molecule has 112 valence electrons. The molecule has 0 atom stereocenters. The van der Waals surface area contributed by atoms with Crippen molar-refractivity contribution in [3.05, 3.63) is 59.7 Å². The normalized spacial score (nSPS) is 11.3. The topological polar surface area (TPSA) is 52.0 Å². The molecule has 0 unspecified atom stereocenters. The van der Waals surface area contributed by atoms with Gasteiger partial charge in [0.15, 0.2) is 0 Å². The first-order valence-corrected chi connectivity index (χ1v) is 7.93. The minimum atomic E-state index is 0.824. The molecule has 2 nitrogen and oxygen atoms in total. The van der Waals surface area contributed by atoms with Crippen LogP contribution in [0.5, 0.6) is 0 Å². The van der Waals surface area contributed by atoms with E-state index in [2.05, 4.69) is 48.5 Å². The minimum absolute atomic E-state index is 0.824. The predicted octanol–water partition coefficient (Wildman–Crippen LogP) is 3.72. The highest BCUT2D eigenvalue weighted by molar-refractivity contribution is 5.76. The third kappa shape index (κ3) is 4.42. The molecule has 2 aromatic carbocycles. The van der Waals surface area contributed by atoms with Crippen LogP contribution in [0.1, 0.15) is 36.8 Å². The fraction of sp³-hybridized carbons (Fsp3) is 0.368. The second-order valence-corrected chi connectivity index (χ2v) is 5.48. The molecule has 4 N–H and O–H groups in total. The van der Waals surface area contributed by atoms with Gasteiger partial charge in [-0.3, -0.25) is 0 Å². The maximum absolute atomic E-state index is 5.28. The molecule has 21 heavy (non-hydrogen) atoms. The van der Waals surface area contributed by atoms with Crippen molar-refractivity contribution < 1.29 is 0 Å². The van der Waals surface area contributed by atoms with Crippen LogP contribution in [0.2, 0.25) is 0 Å². The van der Waals surface area contributed by atoms with Crippen LogP contribution in [0.15, 0.2) is 48.5 Å². The van der Waals surface area contributed by atoms with Crippen LogP contribution in [0.4, 0.5) is 0 Å². The van der Waals surface area contributed by atoms with Crippen molar-refractivity contribution in [2.75, 3.05) is 13.1 Å². The Kier molecular flexibility index (Phi) is 6.45. The van der Waals surface area contributed by atoms with Crippen molar-refractivity contribution in [1.82, 2.24) is 0 Å². The maximum Gasteiger partial charge on any atom is -0.00135 e. The van der Waals surface area contributed by atoms with E-state index >= 15 is 0 Å². The first-order chi connectivity index (χ1) is 10.4. The van der Waals surface area contributed by atoms with E-state index in [9.17, 15) is 0 Å².